The second-order valence-corrected chi connectivity index (χ2v) is 17.8. The van der Waals surface area contributed by atoms with Crippen LogP contribution in [0.3, 0.4) is 0 Å². The van der Waals surface area contributed by atoms with Crippen LogP contribution in [-0.2, 0) is 24.5 Å². The Morgan fingerprint density at radius 3 is 1.92 bits per heavy atom. The lowest BCUT2D eigenvalue weighted by Gasteiger charge is -2.35. The van der Waals surface area contributed by atoms with Crippen LogP contribution in [0.5, 0.6) is 11.5 Å². The van der Waals surface area contributed by atoms with Crippen LogP contribution < -0.4 is 15.4 Å². The molecule has 0 saturated carbocycles. The van der Waals surface area contributed by atoms with Crippen LogP contribution in [0.1, 0.15) is 102 Å². The van der Waals surface area contributed by atoms with Crippen molar-refractivity contribution in [3.05, 3.63) is 83.6 Å². The number of amides is 4. The van der Waals surface area contributed by atoms with Crippen LogP contribution in [0, 0.1) is 11.8 Å². The van der Waals surface area contributed by atoms with Crippen LogP contribution in [0.2, 0.25) is 0 Å². The third-order valence-electron chi connectivity index (χ3n) is 12.8. The first-order valence-electron chi connectivity index (χ1n) is 21.5. The SMILES string of the molecule is COC(=O)N[C@H](C(=O)N1CCC[C@H]1c1ncc(-c2ccc3c(c2)C(C)(C)c2ccc(-c4ccc5nc([C@@H]6CCCN6C(=O)[C@@H](NC(=O)OC)C(C)C)[nH]c5c4)cc2O3)[nH]1)C(C)C. The van der Waals surface area contributed by atoms with Gasteiger partial charge in [-0.15, -0.1) is 0 Å². The highest BCUT2D eigenvalue weighted by Crippen LogP contribution is 2.50. The molecule has 2 aromatic heterocycles. The number of aromatic amines is 2. The number of carbonyl (C=O) groups excluding carboxylic acids is 4. The quantitative estimate of drug-likeness (QED) is 0.108. The molecule has 4 atom stereocenters. The molecule has 8 rings (SSSR count). The van der Waals surface area contributed by atoms with Gasteiger partial charge < -0.3 is 44.6 Å². The van der Waals surface area contributed by atoms with Crippen molar-refractivity contribution in [2.24, 2.45) is 11.8 Å². The number of hydrogen-bond acceptors (Lipinski definition) is 9. The molecule has 2 fully saturated rings. The first-order valence-corrected chi connectivity index (χ1v) is 21.5. The average Bonchev–Trinajstić information content (AvgIpc) is 4.10. The summed E-state index contributed by atoms with van der Waals surface area (Å²) < 4.78 is 16.2. The topological polar surface area (TPSA) is 184 Å². The predicted octanol–water partition coefficient (Wildman–Crippen LogP) is 8.14. The van der Waals surface area contributed by atoms with Gasteiger partial charge in [0.05, 0.1) is 49.2 Å². The number of hydrogen-bond donors (Lipinski definition) is 4. The molecule has 62 heavy (non-hydrogen) atoms. The van der Waals surface area contributed by atoms with Gasteiger partial charge in [0.25, 0.3) is 0 Å². The number of H-pyrrole nitrogens is 2. The molecule has 0 radical (unpaired) electrons. The van der Waals surface area contributed by atoms with E-state index < -0.39 is 24.3 Å². The predicted molar refractivity (Wildman–Crippen MR) is 233 cm³/mol. The number of rotatable bonds is 10. The van der Waals surface area contributed by atoms with Gasteiger partial charge in [-0.3, -0.25) is 9.59 Å². The zero-order chi connectivity index (χ0) is 44.0. The number of ether oxygens (including phenoxy) is 3. The lowest BCUT2D eigenvalue weighted by molar-refractivity contribution is -0.136. The Hall–Kier alpha value is -6.38. The number of methoxy groups -OCH3 is 2. The van der Waals surface area contributed by atoms with Gasteiger partial charge in [0.2, 0.25) is 11.8 Å². The van der Waals surface area contributed by atoms with E-state index >= 15 is 0 Å². The maximum absolute atomic E-state index is 13.7. The van der Waals surface area contributed by atoms with Gasteiger partial charge in [0.15, 0.2) is 0 Å². The first-order chi connectivity index (χ1) is 29.7. The molecule has 3 aromatic carbocycles. The van der Waals surface area contributed by atoms with E-state index in [4.69, 9.17) is 24.2 Å². The minimum absolute atomic E-state index is 0.118. The van der Waals surface area contributed by atoms with Crippen molar-refractivity contribution in [2.75, 3.05) is 27.3 Å². The first kappa shape index (κ1) is 42.3. The Labute approximate surface area is 361 Å². The van der Waals surface area contributed by atoms with E-state index in [2.05, 4.69) is 70.8 Å². The summed E-state index contributed by atoms with van der Waals surface area (Å²) >= 11 is 0. The van der Waals surface area contributed by atoms with Gasteiger partial charge in [0.1, 0.15) is 35.2 Å². The fourth-order valence-corrected chi connectivity index (χ4v) is 9.25. The summed E-state index contributed by atoms with van der Waals surface area (Å²) in [6.07, 6.45) is 3.76. The van der Waals surface area contributed by atoms with Crippen LogP contribution in [-0.4, -0.2) is 93.1 Å². The highest BCUT2D eigenvalue weighted by atomic mass is 16.5. The molecule has 3 aliphatic rings. The third-order valence-corrected chi connectivity index (χ3v) is 12.8. The zero-order valence-electron chi connectivity index (χ0n) is 36.6. The zero-order valence-corrected chi connectivity index (χ0v) is 36.6. The van der Waals surface area contributed by atoms with Crippen molar-refractivity contribution in [2.45, 2.75) is 96.8 Å². The maximum atomic E-state index is 13.7. The summed E-state index contributed by atoms with van der Waals surface area (Å²) in [4.78, 5) is 71.8. The van der Waals surface area contributed by atoms with Crippen LogP contribution in [0.4, 0.5) is 9.59 Å². The number of alkyl carbamates (subject to hydrolysis) is 2. The van der Waals surface area contributed by atoms with Gasteiger partial charge in [-0.1, -0.05) is 59.7 Å². The van der Waals surface area contributed by atoms with Crippen molar-refractivity contribution in [3.63, 3.8) is 0 Å². The molecular weight excluding hydrogens is 789 g/mol. The number of nitrogens with zero attached hydrogens (tertiary/aromatic N) is 4. The summed E-state index contributed by atoms with van der Waals surface area (Å²) in [5.41, 5.74) is 7.18. The molecule has 0 aliphatic carbocycles. The summed E-state index contributed by atoms with van der Waals surface area (Å²) in [6, 6.07) is 16.8. The number of imidazole rings is 2. The third kappa shape index (κ3) is 7.84. The van der Waals surface area contributed by atoms with E-state index in [-0.39, 0.29) is 41.1 Å². The molecule has 15 nitrogen and oxygen atoms in total. The number of likely N-dealkylation sites (tertiary alicyclic amines) is 2. The van der Waals surface area contributed by atoms with Gasteiger partial charge >= 0.3 is 12.2 Å². The second-order valence-electron chi connectivity index (χ2n) is 17.8. The van der Waals surface area contributed by atoms with Crippen LogP contribution in [0.25, 0.3) is 33.4 Å². The molecule has 0 unspecified atom stereocenters. The van der Waals surface area contributed by atoms with E-state index in [9.17, 15) is 19.2 Å². The standard InChI is InChI=1S/C47H56N8O7/c1-25(2)39(52-45(58)60-7)43(56)54-19-9-11-35(54)41-48-24-34(51-41)29-15-18-37-31(21-29)47(5,6)30-16-13-28(23-38(30)62-37)27-14-17-32-33(22-27)50-42(49-32)36-12-10-20-55(36)44(57)40(26(3)4)53-46(59)61-8/h13-18,21-26,35-36,39-40H,9-12,19-20H2,1-8H3,(H,48,51)(H,49,50)(H,52,58)(H,53,59)/t35-,36-,39-,40-/m0/s1. The maximum Gasteiger partial charge on any atom is 0.407 e. The summed E-state index contributed by atoms with van der Waals surface area (Å²) in [6.45, 7) is 13.2. The number of carbonyl (C=O) groups is 4. The number of benzene rings is 3. The number of fused-ring (bicyclic) bond motifs is 3. The van der Waals surface area contributed by atoms with E-state index in [0.717, 1.165) is 87.6 Å². The van der Waals surface area contributed by atoms with Gasteiger partial charge in [-0.05, 0) is 85.0 Å². The average molecular weight is 845 g/mol. The van der Waals surface area contributed by atoms with Crippen molar-refractivity contribution < 1.29 is 33.4 Å². The minimum atomic E-state index is -0.704. The highest BCUT2D eigenvalue weighted by molar-refractivity contribution is 5.88. The highest BCUT2D eigenvalue weighted by Gasteiger charge is 2.40. The molecule has 3 aliphatic heterocycles. The summed E-state index contributed by atoms with van der Waals surface area (Å²) in [5.74, 6) is 2.47. The molecule has 4 N–H and O–H groups in total. The largest absolute Gasteiger partial charge is 0.457 e. The Kier molecular flexibility index (Phi) is 11.5. The van der Waals surface area contributed by atoms with Crippen LogP contribution in [0.15, 0.2) is 60.8 Å². The lowest BCUT2D eigenvalue weighted by atomic mass is 9.75. The normalized spacial score (nSPS) is 18.9. The van der Waals surface area contributed by atoms with E-state index in [1.807, 2.05) is 61.9 Å². The molecule has 5 aromatic rings. The van der Waals surface area contributed by atoms with Gasteiger partial charge in [0, 0.05) is 35.2 Å². The second kappa shape index (κ2) is 16.8. The summed E-state index contributed by atoms with van der Waals surface area (Å²) in [7, 11) is 2.58. The molecule has 2 saturated heterocycles. The van der Waals surface area contributed by atoms with Crippen LogP contribution >= 0.6 is 0 Å². The Balaban J connectivity index is 0.999. The monoisotopic (exact) mass is 844 g/mol. The number of nitrogens with one attached hydrogen (secondary N) is 4. The van der Waals surface area contributed by atoms with E-state index in [0.29, 0.717) is 18.9 Å². The Bertz CT molecular complexity index is 2520. The Morgan fingerprint density at radius 1 is 0.726 bits per heavy atom. The molecule has 15 heteroatoms. The molecular formula is C47H56N8O7. The molecule has 326 valence electrons. The van der Waals surface area contributed by atoms with Crippen molar-refractivity contribution in [1.29, 1.82) is 0 Å². The molecule has 0 bridgehead atoms. The molecule has 4 amide bonds. The van der Waals surface area contributed by atoms with Gasteiger partial charge in [-0.25, -0.2) is 19.6 Å². The van der Waals surface area contributed by atoms with Crippen molar-refractivity contribution in [3.8, 4) is 33.9 Å². The van der Waals surface area contributed by atoms with Gasteiger partial charge in [-0.2, -0.15) is 0 Å². The fourth-order valence-electron chi connectivity index (χ4n) is 9.25. The minimum Gasteiger partial charge on any atom is -0.457 e. The molecule has 5 heterocycles. The fraction of sp³-hybridized carbons (Fsp3) is 0.447. The molecule has 0 spiro atoms. The smallest absolute Gasteiger partial charge is 0.407 e. The van der Waals surface area contributed by atoms with E-state index in [1.54, 1.807) is 0 Å². The van der Waals surface area contributed by atoms with Crippen molar-refractivity contribution in [1.82, 2.24) is 40.4 Å². The lowest BCUT2D eigenvalue weighted by Crippen LogP contribution is -2.51. The van der Waals surface area contributed by atoms with E-state index in [1.165, 1.54) is 14.2 Å². The summed E-state index contributed by atoms with van der Waals surface area (Å²) in [5, 5.41) is 5.43. The van der Waals surface area contributed by atoms with Crippen molar-refractivity contribution >= 4 is 35.0 Å². The Morgan fingerprint density at radius 2 is 1.31 bits per heavy atom. The number of aromatic nitrogens is 4.